The van der Waals surface area contributed by atoms with Crippen molar-refractivity contribution in [1.82, 2.24) is 14.8 Å². The monoisotopic (exact) mass is 434 g/mol. The number of nitriles is 1. The van der Waals surface area contributed by atoms with Crippen LogP contribution in [0.2, 0.25) is 0 Å². The predicted octanol–water partition coefficient (Wildman–Crippen LogP) is 5.44. The highest BCUT2D eigenvalue weighted by molar-refractivity contribution is 6.11. The Labute approximate surface area is 191 Å². The van der Waals surface area contributed by atoms with Gasteiger partial charge in [-0.15, -0.1) is 0 Å². The van der Waals surface area contributed by atoms with Crippen molar-refractivity contribution >= 4 is 21.8 Å². The fourth-order valence-corrected chi connectivity index (χ4v) is 4.02. The van der Waals surface area contributed by atoms with Crippen LogP contribution in [-0.4, -0.2) is 21.9 Å². The molecule has 6 heteroatoms. The number of fused-ring (bicyclic) bond motifs is 3. The van der Waals surface area contributed by atoms with E-state index in [2.05, 4.69) is 11.1 Å². The molecule has 2 heterocycles. The summed E-state index contributed by atoms with van der Waals surface area (Å²) in [6, 6.07) is 24.1. The maximum absolute atomic E-state index is 8.96. The largest absolute Gasteiger partial charge is 0.493 e. The van der Waals surface area contributed by atoms with Crippen LogP contribution < -0.4 is 9.47 Å². The average molecular weight is 434 g/mol. The van der Waals surface area contributed by atoms with E-state index in [1.165, 1.54) is 0 Å². The summed E-state index contributed by atoms with van der Waals surface area (Å²) in [5.74, 6) is 1.29. The Morgan fingerprint density at radius 3 is 2.48 bits per heavy atom. The van der Waals surface area contributed by atoms with Gasteiger partial charge in [0.15, 0.2) is 11.5 Å². The minimum Gasteiger partial charge on any atom is -0.493 e. The predicted molar refractivity (Wildman–Crippen MR) is 128 cm³/mol. The van der Waals surface area contributed by atoms with E-state index in [0.717, 1.165) is 44.2 Å². The van der Waals surface area contributed by atoms with Gasteiger partial charge < -0.3 is 9.47 Å². The van der Waals surface area contributed by atoms with E-state index in [1.54, 1.807) is 7.11 Å². The van der Waals surface area contributed by atoms with E-state index in [4.69, 9.17) is 19.8 Å². The first kappa shape index (κ1) is 20.5. The number of rotatable bonds is 6. The van der Waals surface area contributed by atoms with E-state index in [9.17, 15) is 0 Å². The highest BCUT2D eigenvalue weighted by atomic mass is 16.5. The standard InChI is InChI=1S/C27H22N4O2/c1-31-23-16-29-22-15-24(32-2)25(33-17-19-6-4-3-5-7-19)14-21(22)26(23)27(30-31)20-10-8-18(9-11-20)12-13-28/h3-11,14-16H,12,17H2,1-2H3. The molecule has 5 aromatic rings. The number of hydrogen-bond donors (Lipinski definition) is 0. The Balaban J connectivity index is 1.65. The molecular weight excluding hydrogens is 412 g/mol. The van der Waals surface area contributed by atoms with Crippen molar-refractivity contribution in [3.63, 3.8) is 0 Å². The first-order valence-corrected chi connectivity index (χ1v) is 10.6. The van der Waals surface area contributed by atoms with Crippen LogP contribution in [-0.2, 0) is 20.1 Å². The number of benzene rings is 3. The number of aromatic nitrogens is 3. The molecule has 0 atom stereocenters. The second-order valence-electron chi connectivity index (χ2n) is 7.82. The molecule has 0 radical (unpaired) electrons. The van der Waals surface area contributed by atoms with Crippen LogP contribution in [0.1, 0.15) is 11.1 Å². The van der Waals surface area contributed by atoms with Gasteiger partial charge in [-0.05, 0) is 17.2 Å². The molecule has 0 aliphatic heterocycles. The molecule has 33 heavy (non-hydrogen) atoms. The topological polar surface area (TPSA) is 73.0 Å². The minimum absolute atomic E-state index is 0.387. The van der Waals surface area contributed by atoms with E-state index < -0.39 is 0 Å². The molecule has 0 amide bonds. The third-order valence-corrected chi connectivity index (χ3v) is 5.72. The summed E-state index contributed by atoms with van der Waals surface area (Å²) in [4.78, 5) is 4.65. The number of methoxy groups -OCH3 is 1. The number of pyridine rings is 1. The maximum atomic E-state index is 8.96. The molecule has 3 aromatic carbocycles. The molecule has 0 N–H and O–H groups in total. The van der Waals surface area contributed by atoms with Crippen molar-refractivity contribution in [3.8, 4) is 28.8 Å². The van der Waals surface area contributed by atoms with Crippen molar-refractivity contribution in [2.24, 2.45) is 7.05 Å². The van der Waals surface area contributed by atoms with Crippen molar-refractivity contribution in [1.29, 1.82) is 5.26 Å². The zero-order valence-electron chi connectivity index (χ0n) is 18.4. The second-order valence-corrected chi connectivity index (χ2v) is 7.82. The van der Waals surface area contributed by atoms with Crippen molar-refractivity contribution in [2.45, 2.75) is 13.0 Å². The van der Waals surface area contributed by atoms with Gasteiger partial charge in [-0.25, -0.2) is 0 Å². The molecule has 0 saturated carbocycles. The van der Waals surface area contributed by atoms with Gasteiger partial charge in [-0.2, -0.15) is 10.4 Å². The maximum Gasteiger partial charge on any atom is 0.162 e. The van der Waals surface area contributed by atoms with Crippen molar-refractivity contribution in [2.75, 3.05) is 7.11 Å². The zero-order valence-corrected chi connectivity index (χ0v) is 18.4. The van der Waals surface area contributed by atoms with Gasteiger partial charge >= 0.3 is 0 Å². The normalized spacial score (nSPS) is 10.9. The minimum atomic E-state index is 0.387. The van der Waals surface area contributed by atoms with Crippen LogP contribution in [0.15, 0.2) is 72.9 Å². The van der Waals surface area contributed by atoms with Gasteiger partial charge in [0.1, 0.15) is 12.3 Å². The molecule has 0 bridgehead atoms. The molecule has 0 fully saturated rings. The second kappa shape index (κ2) is 8.64. The lowest BCUT2D eigenvalue weighted by Crippen LogP contribution is -1.98. The summed E-state index contributed by atoms with van der Waals surface area (Å²) in [7, 11) is 3.55. The number of ether oxygens (including phenoxy) is 2. The highest BCUT2D eigenvalue weighted by Crippen LogP contribution is 2.38. The summed E-state index contributed by atoms with van der Waals surface area (Å²) >= 11 is 0. The lowest BCUT2D eigenvalue weighted by Gasteiger charge is -2.13. The fraction of sp³-hybridized carbons (Fsp3) is 0.148. The van der Waals surface area contributed by atoms with E-state index in [1.807, 2.05) is 84.7 Å². The molecule has 0 saturated heterocycles. The van der Waals surface area contributed by atoms with Crippen LogP contribution in [0.3, 0.4) is 0 Å². The molecule has 0 aliphatic rings. The van der Waals surface area contributed by atoms with E-state index >= 15 is 0 Å². The molecule has 0 spiro atoms. The van der Waals surface area contributed by atoms with Gasteiger partial charge in [0.25, 0.3) is 0 Å². The Bertz CT molecular complexity index is 1480. The lowest BCUT2D eigenvalue weighted by molar-refractivity contribution is 0.285. The zero-order chi connectivity index (χ0) is 22.8. The van der Waals surface area contributed by atoms with Crippen LogP contribution in [0, 0.1) is 11.3 Å². The van der Waals surface area contributed by atoms with E-state index in [0.29, 0.717) is 24.5 Å². The Morgan fingerprint density at radius 2 is 1.76 bits per heavy atom. The van der Waals surface area contributed by atoms with Crippen molar-refractivity contribution < 1.29 is 9.47 Å². The van der Waals surface area contributed by atoms with E-state index in [-0.39, 0.29) is 0 Å². The fourth-order valence-electron chi connectivity index (χ4n) is 4.02. The third-order valence-electron chi connectivity index (χ3n) is 5.72. The Morgan fingerprint density at radius 1 is 0.970 bits per heavy atom. The smallest absolute Gasteiger partial charge is 0.162 e. The summed E-state index contributed by atoms with van der Waals surface area (Å²) in [6.07, 6.45) is 2.22. The first-order chi connectivity index (χ1) is 16.2. The SMILES string of the molecule is COc1cc2ncc3c(c(-c4ccc(CC#N)cc4)nn3C)c2cc1OCc1ccccc1. The summed E-state index contributed by atoms with van der Waals surface area (Å²) in [6.45, 7) is 0.437. The molecule has 0 unspecified atom stereocenters. The molecule has 2 aromatic heterocycles. The first-order valence-electron chi connectivity index (χ1n) is 10.6. The van der Waals surface area contributed by atoms with Crippen LogP contribution in [0.5, 0.6) is 11.5 Å². The summed E-state index contributed by atoms with van der Waals surface area (Å²) in [5, 5.41) is 15.7. The average Bonchev–Trinajstić information content (AvgIpc) is 3.20. The molecule has 162 valence electrons. The van der Waals surface area contributed by atoms with Crippen LogP contribution in [0.4, 0.5) is 0 Å². The van der Waals surface area contributed by atoms with Gasteiger partial charge in [0, 0.05) is 29.4 Å². The molecular formula is C27H22N4O2. The van der Waals surface area contributed by atoms with Crippen LogP contribution in [0.25, 0.3) is 33.1 Å². The number of hydrogen-bond acceptors (Lipinski definition) is 5. The quantitative estimate of drug-likeness (QED) is 0.356. The molecule has 0 aliphatic carbocycles. The summed E-state index contributed by atoms with van der Waals surface area (Å²) in [5.41, 5.74) is 5.64. The van der Waals surface area contributed by atoms with Crippen molar-refractivity contribution in [3.05, 3.63) is 84.1 Å². The van der Waals surface area contributed by atoms with Gasteiger partial charge in [-0.1, -0.05) is 54.6 Å². The van der Waals surface area contributed by atoms with Crippen LogP contribution >= 0.6 is 0 Å². The summed E-state index contributed by atoms with van der Waals surface area (Å²) < 4.78 is 13.6. The van der Waals surface area contributed by atoms with Gasteiger partial charge in [-0.3, -0.25) is 9.67 Å². The highest BCUT2D eigenvalue weighted by Gasteiger charge is 2.17. The Kier molecular flexibility index (Phi) is 5.37. The molecule has 5 rings (SSSR count). The molecule has 6 nitrogen and oxygen atoms in total. The number of aryl methyl sites for hydroxylation is 1. The lowest BCUT2D eigenvalue weighted by atomic mass is 10.0. The number of nitrogens with zero attached hydrogens (tertiary/aromatic N) is 4. The van der Waals surface area contributed by atoms with Gasteiger partial charge in [0.05, 0.1) is 36.8 Å². The third kappa shape index (κ3) is 3.85. The Hall–Kier alpha value is -4.37. The van der Waals surface area contributed by atoms with Gasteiger partial charge in [0.2, 0.25) is 0 Å².